The summed E-state index contributed by atoms with van der Waals surface area (Å²) in [6, 6.07) is 14.2. The van der Waals surface area contributed by atoms with Crippen LogP contribution >= 0.6 is 0 Å². The fraction of sp³-hybridized carbons (Fsp3) is 0.533. The second kappa shape index (κ2) is 14.8. The first-order valence-corrected chi connectivity index (χ1v) is 15.5. The number of nitrogens with one attached hydrogen (secondary N) is 2. The van der Waals surface area contributed by atoms with Crippen LogP contribution in [-0.4, -0.2) is 80.2 Å². The molecule has 1 saturated heterocycles. The van der Waals surface area contributed by atoms with Crippen LogP contribution in [0.3, 0.4) is 0 Å². The van der Waals surface area contributed by atoms with Crippen LogP contribution in [0.5, 0.6) is 0 Å². The lowest BCUT2D eigenvalue weighted by Gasteiger charge is -2.30. The smallest absolute Gasteiger partial charge is 0.412 e. The molecule has 0 radical (unpaired) electrons. The SMILES string of the molecule is CC(C)CN(C[C@@H](O)[C@H](Cc1ccccc1)NC(=O)O[C@H]1CCOC1)S(=O)(=O)c1ccc(NC(=O)OC(C)(C)C)cc1. The Bertz CT molecular complexity index is 1260. The molecule has 3 atom stereocenters. The molecule has 0 bridgehead atoms. The van der Waals surface area contributed by atoms with E-state index in [9.17, 15) is 23.1 Å². The number of rotatable bonds is 12. The molecule has 1 aliphatic rings. The van der Waals surface area contributed by atoms with E-state index in [2.05, 4.69) is 10.6 Å². The predicted molar refractivity (Wildman–Crippen MR) is 159 cm³/mol. The number of aliphatic hydroxyl groups excluding tert-OH is 1. The summed E-state index contributed by atoms with van der Waals surface area (Å²) in [7, 11) is -4.05. The molecule has 0 unspecified atom stereocenters. The minimum Gasteiger partial charge on any atom is -0.444 e. The molecule has 0 saturated carbocycles. The molecule has 3 rings (SSSR count). The number of hydrogen-bond donors (Lipinski definition) is 3. The van der Waals surface area contributed by atoms with Gasteiger partial charge in [0.25, 0.3) is 0 Å². The van der Waals surface area contributed by atoms with Crippen LogP contribution in [0.15, 0.2) is 59.5 Å². The van der Waals surface area contributed by atoms with Gasteiger partial charge in [-0.15, -0.1) is 0 Å². The third kappa shape index (κ3) is 10.6. The average molecular weight is 606 g/mol. The molecule has 42 heavy (non-hydrogen) atoms. The van der Waals surface area contributed by atoms with Gasteiger partial charge in [-0.25, -0.2) is 18.0 Å². The Kier molecular flexibility index (Phi) is 11.7. The summed E-state index contributed by atoms with van der Waals surface area (Å²) in [4.78, 5) is 24.8. The van der Waals surface area contributed by atoms with E-state index in [1.165, 1.54) is 28.6 Å². The van der Waals surface area contributed by atoms with E-state index in [1.54, 1.807) is 20.8 Å². The minimum atomic E-state index is -4.05. The van der Waals surface area contributed by atoms with Crippen molar-refractivity contribution in [2.24, 2.45) is 5.92 Å². The molecular weight excluding hydrogens is 562 g/mol. The Labute approximate surface area is 248 Å². The Morgan fingerprint density at radius 3 is 2.29 bits per heavy atom. The van der Waals surface area contributed by atoms with Gasteiger partial charge in [-0.3, -0.25) is 5.32 Å². The highest BCUT2D eigenvalue weighted by atomic mass is 32.2. The molecule has 0 aliphatic carbocycles. The van der Waals surface area contributed by atoms with Gasteiger partial charge in [0.2, 0.25) is 10.0 Å². The average Bonchev–Trinajstić information content (AvgIpc) is 3.40. The Morgan fingerprint density at radius 2 is 1.71 bits per heavy atom. The van der Waals surface area contributed by atoms with Crippen molar-refractivity contribution in [1.82, 2.24) is 9.62 Å². The van der Waals surface area contributed by atoms with Crippen LogP contribution in [0.25, 0.3) is 0 Å². The molecule has 11 nitrogen and oxygen atoms in total. The van der Waals surface area contributed by atoms with Gasteiger partial charge in [0, 0.05) is 25.2 Å². The number of anilines is 1. The summed E-state index contributed by atoms with van der Waals surface area (Å²) in [6.07, 6.45) is -2.12. The van der Waals surface area contributed by atoms with Gasteiger partial charge in [-0.1, -0.05) is 44.2 Å². The van der Waals surface area contributed by atoms with E-state index < -0.39 is 40.0 Å². The lowest BCUT2D eigenvalue weighted by atomic mass is 10.0. The standard InChI is InChI=1S/C30H43N3O8S/c1-21(2)18-33(42(37,38)25-13-11-23(12-14-25)31-29(36)41-30(3,4)5)19-27(34)26(17-22-9-7-6-8-10-22)32-28(35)40-24-15-16-39-20-24/h6-14,21,24,26-27,34H,15-20H2,1-5H3,(H,31,36)(H,32,35)/t24-,26-,27+/m0/s1. The lowest BCUT2D eigenvalue weighted by molar-refractivity contribution is 0.0633. The molecule has 1 heterocycles. The Balaban J connectivity index is 1.77. The highest BCUT2D eigenvalue weighted by Gasteiger charge is 2.32. The summed E-state index contributed by atoms with van der Waals surface area (Å²) in [6.45, 7) is 9.68. The zero-order chi connectivity index (χ0) is 30.9. The summed E-state index contributed by atoms with van der Waals surface area (Å²) in [5.74, 6) is -0.0482. The van der Waals surface area contributed by atoms with E-state index in [4.69, 9.17) is 14.2 Å². The Hall–Kier alpha value is -3.19. The minimum absolute atomic E-state index is 0.00157. The number of ether oxygens (including phenoxy) is 3. The summed E-state index contributed by atoms with van der Waals surface area (Å²) >= 11 is 0. The van der Waals surface area contributed by atoms with Crippen LogP contribution < -0.4 is 10.6 Å². The number of nitrogens with zero attached hydrogens (tertiary/aromatic N) is 1. The first kappa shape index (κ1) is 33.3. The van der Waals surface area contributed by atoms with Crippen LogP contribution in [0.4, 0.5) is 15.3 Å². The van der Waals surface area contributed by atoms with Gasteiger partial charge in [0.05, 0.1) is 30.3 Å². The van der Waals surface area contributed by atoms with Crippen LogP contribution in [0, 0.1) is 5.92 Å². The second-order valence-corrected chi connectivity index (χ2v) is 13.7. The molecule has 12 heteroatoms. The first-order chi connectivity index (χ1) is 19.7. The largest absolute Gasteiger partial charge is 0.444 e. The third-order valence-electron chi connectivity index (χ3n) is 6.32. The Morgan fingerprint density at radius 1 is 1.05 bits per heavy atom. The third-order valence-corrected chi connectivity index (χ3v) is 8.17. The van der Waals surface area contributed by atoms with E-state index in [0.29, 0.717) is 25.3 Å². The number of sulfonamides is 1. The number of alkyl carbamates (subject to hydrolysis) is 1. The van der Waals surface area contributed by atoms with Crippen molar-refractivity contribution in [3.8, 4) is 0 Å². The molecule has 2 aromatic rings. The fourth-order valence-corrected chi connectivity index (χ4v) is 6.01. The lowest BCUT2D eigenvalue weighted by Crippen LogP contribution is -2.51. The molecule has 232 valence electrons. The van der Waals surface area contributed by atoms with Crippen molar-refractivity contribution < 1.29 is 37.3 Å². The number of hydrogen-bond acceptors (Lipinski definition) is 8. The van der Waals surface area contributed by atoms with Gasteiger partial charge in [-0.05, 0) is 62.9 Å². The molecule has 2 aromatic carbocycles. The van der Waals surface area contributed by atoms with Crippen molar-refractivity contribution in [3.05, 3.63) is 60.2 Å². The number of carbonyl (C=O) groups excluding carboxylic acids is 2. The number of carbonyl (C=O) groups is 2. The molecule has 1 aliphatic heterocycles. The zero-order valence-electron chi connectivity index (χ0n) is 24.9. The summed E-state index contributed by atoms with van der Waals surface area (Å²) in [5, 5.41) is 16.7. The molecule has 0 spiro atoms. The zero-order valence-corrected chi connectivity index (χ0v) is 25.7. The van der Waals surface area contributed by atoms with Gasteiger partial charge in [-0.2, -0.15) is 4.31 Å². The molecule has 3 N–H and O–H groups in total. The summed E-state index contributed by atoms with van der Waals surface area (Å²) < 4.78 is 44.6. The second-order valence-electron chi connectivity index (χ2n) is 11.8. The van der Waals surface area contributed by atoms with Gasteiger partial charge in [0.15, 0.2) is 0 Å². The highest BCUT2D eigenvalue weighted by Crippen LogP contribution is 2.22. The molecule has 0 aromatic heterocycles. The van der Waals surface area contributed by atoms with Gasteiger partial charge in [0.1, 0.15) is 11.7 Å². The number of benzene rings is 2. The topological polar surface area (TPSA) is 143 Å². The van der Waals surface area contributed by atoms with Crippen molar-refractivity contribution in [1.29, 1.82) is 0 Å². The monoisotopic (exact) mass is 605 g/mol. The molecule has 2 amide bonds. The van der Waals surface area contributed by atoms with E-state index in [0.717, 1.165) is 5.56 Å². The van der Waals surface area contributed by atoms with Crippen LogP contribution in [0.1, 0.15) is 46.6 Å². The number of aliphatic hydroxyl groups is 1. The van der Waals surface area contributed by atoms with E-state index in [-0.39, 0.29) is 36.4 Å². The maximum Gasteiger partial charge on any atom is 0.412 e. The summed E-state index contributed by atoms with van der Waals surface area (Å²) in [5.41, 5.74) is 0.551. The highest BCUT2D eigenvalue weighted by molar-refractivity contribution is 7.89. The maximum absolute atomic E-state index is 13.7. The van der Waals surface area contributed by atoms with E-state index in [1.807, 2.05) is 44.2 Å². The van der Waals surface area contributed by atoms with Crippen molar-refractivity contribution >= 4 is 27.9 Å². The van der Waals surface area contributed by atoms with Gasteiger partial charge < -0.3 is 24.6 Å². The van der Waals surface area contributed by atoms with Crippen molar-refractivity contribution in [3.63, 3.8) is 0 Å². The normalized spacial score (nSPS) is 17.1. The molecular formula is C30H43N3O8S. The van der Waals surface area contributed by atoms with Crippen molar-refractivity contribution in [2.75, 3.05) is 31.6 Å². The molecule has 1 fully saturated rings. The fourth-order valence-electron chi connectivity index (χ4n) is 4.39. The van der Waals surface area contributed by atoms with Crippen LogP contribution in [-0.2, 0) is 30.7 Å². The first-order valence-electron chi connectivity index (χ1n) is 14.1. The van der Waals surface area contributed by atoms with Crippen LogP contribution in [0.2, 0.25) is 0 Å². The quantitative estimate of drug-likeness (QED) is 0.327. The number of amides is 2. The predicted octanol–water partition coefficient (Wildman–Crippen LogP) is 4.17. The van der Waals surface area contributed by atoms with Crippen molar-refractivity contribution in [2.45, 2.75) is 76.2 Å². The van der Waals surface area contributed by atoms with E-state index >= 15 is 0 Å². The van der Waals surface area contributed by atoms with Gasteiger partial charge >= 0.3 is 12.2 Å². The maximum atomic E-state index is 13.7.